The van der Waals surface area contributed by atoms with Gasteiger partial charge in [0.25, 0.3) is 0 Å². The molecule has 1 aromatic heterocycles. The molecule has 2 aliphatic rings. The number of carbonyl (C=O) groups excluding carboxylic acids is 1. The highest BCUT2D eigenvalue weighted by molar-refractivity contribution is 7.10. The van der Waals surface area contributed by atoms with Crippen LogP contribution in [0.4, 0.5) is 0 Å². The van der Waals surface area contributed by atoms with Crippen LogP contribution < -0.4 is 0 Å². The predicted octanol–water partition coefficient (Wildman–Crippen LogP) is 1.81. The molecule has 2 atom stereocenters. The number of hydrogen-bond donors (Lipinski definition) is 0. The molecule has 0 N–H and O–H groups in total. The van der Waals surface area contributed by atoms with Crippen LogP contribution in [-0.2, 0) is 22.5 Å². The molecule has 0 radical (unpaired) electrons. The van der Waals surface area contributed by atoms with Crippen molar-refractivity contribution in [2.45, 2.75) is 38.5 Å². The molecule has 2 aliphatic heterocycles. The van der Waals surface area contributed by atoms with Gasteiger partial charge in [-0.25, -0.2) is 0 Å². The van der Waals surface area contributed by atoms with Gasteiger partial charge in [-0.2, -0.15) is 0 Å². The average Bonchev–Trinajstić information content (AvgIpc) is 2.83. The molecule has 0 spiro atoms. The molecule has 1 saturated heterocycles. The number of rotatable bonds is 1. The van der Waals surface area contributed by atoms with Crippen LogP contribution in [0.25, 0.3) is 0 Å². The molecular weight excluding hydrogens is 222 g/mol. The maximum Gasteiger partial charge on any atom is 0.323 e. The summed E-state index contributed by atoms with van der Waals surface area (Å²) < 4.78 is 5.22. The summed E-state index contributed by atoms with van der Waals surface area (Å²) in [6.07, 6.45) is 2.00. The van der Waals surface area contributed by atoms with Gasteiger partial charge in [0.15, 0.2) is 0 Å². The minimum atomic E-state index is -0.0359. The lowest BCUT2D eigenvalue weighted by Crippen LogP contribution is -2.41. The van der Waals surface area contributed by atoms with Crippen molar-refractivity contribution in [3.05, 3.63) is 21.9 Å². The van der Waals surface area contributed by atoms with Gasteiger partial charge in [-0.15, -0.1) is 11.3 Å². The van der Waals surface area contributed by atoms with Crippen LogP contribution in [0.1, 0.15) is 23.8 Å². The maximum absolute atomic E-state index is 11.7. The van der Waals surface area contributed by atoms with E-state index in [-0.39, 0.29) is 18.1 Å². The molecule has 16 heavy (non-hydrogen) atoms. The number of esters is 1. The summed E-state index contributed by atoms with van der Waals surface area (Å²) in [5.74, 6) is -0.0359. The zero-order valence-electron chi connectivity index (χ0n) is 9.31. The third kappa shape index (κ3) is 1.66. The van der Waals surface area contributed by atoms with Crippen molar-refractivity contribution in [2.75, 3.05) is 6.54 Å². The van der Waals surface area contributed by atoms with Gasteiger partial charge in [0.1, 0.15) is 12.1 Å². The van der Waals surface area contributed by atoms with E-state index >= 15 is 0 Å². The zero-order chi connectivity index (χ0) is 11.1. The zero-order valence-corrected chi connectivity index (χ0v) is 10.1. The lowest BCUT2D eigenvalue weighted by atomic mass is 10.1. The van der Waals surface area contributed by atoms with E-state index in [1.165, 1.54) is 10.4 Å². The third-order valence-corrected chi connectivity index (χ3v) is 4.45. The summed E-state index contributed by atoms with van der Waals surface area (Å²) in [5, 5.41) is 2.14. The van der Waals surface area contributed by atoms with Gasteiger partial charge in [-0.1, -0.05) is 0 Å². The van der Waals surface area contributed by atoms with Gasteiger partial charge < -0.3 is 4.74 Å². The Morgan fingerprint density at radius 3 is 3.19 bits per heavy atom. The molecule has 3 rings (SSSR count). The Bertz CT molecular complexity index is 415. The molecule has 0 saturated carbocycles. The standard InChI is InChI=1S/C12H15NO2S/c1-8-6-10(12(14)15-8)13-4-2-11-9(7-13)3-5-16-11/h3,5,8,10H,2,4,6-7H2,1H3/t8-,10-/m1/s1. The molecule has 0 unspecified atom stereocenters. The Kier molecular flexibility index (Phi) is 2.48. The second-order valence-corrected chi connectivity index (χ2v) is 5.59. The van der Waals surface area contributed by atoms with Gasteiger partial charge in [0, 0.05) is 24.4 Å². The quantitative estimate of drug-likeness (QED) is 0.698. The monoisotopic (exact) mass is 237 g/mol. The first kappa shape index (κ1) is 10.3. The molecule has 1 fully saturated rings. The molecule has 0 aliphatic carbocycles. The summed E-state index contributed by atoms with van der Waals surface area (Å²) in [5.41, 5.74) is 1.39. The van der Waals surface area contributed by atoms with E-state index in [1.807, 2.05) is 18.3 Å². The highest BCUT2D eigenvalue weighted by Crippen LogP contribution is 2.28. The molecule has 86 valence electrons. The molecule has 3 nitrogen and oxygen atoms in total. The number of hydrogen-bond acceptors (Lipinski definition) is 4. The van der Waals surface area contributed by atoms with Crippen LogP contribution in [0.2, 0.25) is 0 Å². The van der Waals surface area contributed by atoms with E-state index in [2.05, 4.69) is 16.3 Å². The molecule has 3 heterocycles. The van der Waals surface area contributed by atoms with Crippen molar-refractivity contribution >= 4 is 17.3 Å². The highest BCUT2D eigenvalue weighted by Gasteiger charge is 2.37. The fourth-order valence-corrected chi connectivity index (χ4v) is 3.46. The number of cyclic esters (lactones) is 1. The number of carbonyl (C=O) groups is 1. The Morgan fingerprint density at radius 1 is 1.56 bits per heavy atom. The summed E-state index contributed by atoms with van der Waals surface area (Å²) >= 11 is 1.83. The van der Waals surface area contributed by atoms with E-state index in [0.29, 0.717) is 0 Å². The van der Waals surface area contributed by atoms with E-state index in [1.54, 1.807) is 0 Å². The van der Waals surface area contributed by atoms with Crippen LogP contribution in [-0.4, -0.2) is 29.6 Å². The Balaban J connectivity index is 1.76. The lowest BCUT2D eigenvalue weighted by molar-refractivity contribution is -0.145. The van der Waals surface area contributed by atoms with Crippen molar-refractivity contribution in [1.82, 2.24) is 4.90 Å². The van der Waals surface area contributed by atoms with Crippen molar-refractivity contribution in [1.29, 1.82) is 0 Å². The smallest absolute Gasteiger partial charge is 0.323 e. The summed E-state index contributed by atoms with van der Waals surface area (Å²) in [6, 6.07) is 2.17. The van der Waals surface area contributed by atoms with Gasteiger partial charge in [-0.05, 0) is 30.4 Å². The van der Waals surface area contributed by atoms with Crippen LogP contribution in [0.5, 0.6) is 0 Å². The number of nitrogens with zero attached hydrogens (tertiary/aromatic N) is 1. The van der Waals surface area contributed by atoms with Gasteiger partial charge in [-0.3, -0.25) is 9.69 Å². The van der Waals surface area contributed by atoms with Gasteiger partial charge in [0.05, 0.1) is 0 Å². The first-order chi connectivity index (χ1) is 7.74. The van der Waals surface area contributed by atoms with Crippen LogP contribution >= 0.6 is 11.3 Å². The molecule has 4 heteroatoms. The number of ether oxygens (including phenoxy) is 1. The Hall–Kier alpha value is -0.870. The second kappa shape index (κ2) is 3.86. The van der Waals surface area contributed by atoms with Crippen LogP contribution in [0.3, 0.4) is 0 Å². The molecular formula is C12H15NO2S. The minimum absolute atomic E-state index is 0.0111. The van der Waals surface area contributed by atoms with E-state index in [0.717, 1.165) is 25.9 Å². The van der Waals surface area contributed by atoms with Crippen molar-refractivity contribution in [2.24, 2.45) is 0 Å². The fourth-order valence-electron chi connectivity index (χ4n) is 2.57. The number of fused-ring (bicyclic) bond motifs is 1. The Morgan fingerprint density at radius 2 is 2.44 bits per heavy atom. The summed E-state index contributed by atoms with van der Waals surface area (Å²) in [7, 11) is 0. The Labute approximate surface area is 99.0 Å². The van der Waals surface area contributed by atoms with Crippen molar-refractivity contribution in [3.63, 3.8) is 0 Å². The molecule has 0 bridgehead atoms. The third-order valence-electron chi connectivity index (χ3n) is 3.42. The van der Waals surface area contributed by atoms with E-state index in [9.17, 15) is 4.79 Å². The van der Waals surface area contributed by atoms with Crippen LogP contribution in [0, 0.1) is 0 Å². The largest absolute Gasteiger partial charge is 0.461 e. The van der Waals surface area contributed by atoms with Gasteiger partial charge >= 0.3 is 5.97 Å². The number of thiophene rings is 1. The van der Waals surface area contributed by atoms with Crippen molar-refractivity contribution < 1.29 is 9.53 Å². The molecule has 0 amide bonds. The maximum atomic E-state index is 11.7. The normalized spacial score (nSPS) is 30.2. The predicted molar refractivity (Wildman–Crippen MR) is 62.4 cm³/mol. The minimum Gasteiger partial charge on any atom is -0.461 e. The lowest BCUT2D eigenvalue weighted by Gasteiger charge is -2.29. The fraction of sp³-hybridized carbons (Fsp3) is 0.583. The second-order valence-electron chi connectivity index (χ2n) is 4.59. The highest BCUT2D eigenvalue weighted by atomic mass is 32.1. The SMILES string of the molecule is C[C@@H]1C[C@@H](N2CCc3sccc3C2)C(=O)O1. The van der Waals surface area contributed by atoms with E-state index < -0.39 is 0 Å². The summed E-state index contributed by atoms with van der Waals surface area (Å²) in [6.45, 7) is 3.86. The first-order valence-corrected chi connectivity index (χ1v) is 6.62. The topological polar surface area (TPSA) is 29.5 Å². The first-order valence-electron chi connectivity index (χ1n) is 5.74. The van der Waals surface area contributed by atoms with Crippen molar-refractivity contribution in [3.8, 4) is 0 Å². The van der Waals surface area contributed by atoms with Gasteiger partial charge in [0.2, 0.25) is 0 Å². The summed E-state index contributed by atoms with van der Waals surface area (Å²) in [4.78, 5) is 15.4. The average molecular weight is 237 g/mol. The van der Waals surface area contributed by atoms with Crippen LogP contribution in [0.15, 0.2) is 11.4 Å². The molecule has 1 aromatic rings. The van der Waals surface area contributed by atoms with E-state index in [4.69, 9.17) is 4.74 Å². The molecule has 0 aromatic carbocycles.